The van der Waals surface area contributed by atoms with Gasteiger partial charge in [-0.2, -0.15) is 10.2 Å². The zero-order valence-electron chi connectivity index (χ0n) is 16.8. The average Bonchev–Trinajstić information content (AvgIpc) is 3.21. The van der Waals surface area contributed by atoms with Gasteiger partial charge in [0, 0.05) is 30.6 Å². The third-order valence-corrected chi connectivity index (χ3v) is 7.18. The summed E-state index contributed by atoms with van der Waals surface area (Å²) in [5, 5.41) is 9.21. The molecule has 0 N–H and O–H groups in total. The lowest BCUT2D eigenvalue weighted by Gasteiger charge is -2.41. The number of halogens is 2. The van der Waals surface area contributed by atoms with Gasteiger partial charge in [0.2, 0.25) is 0 Å². The number of hydrogen-bond donors (Lipinski definition) is 0. The molecule has 3 heterocycles. The number of benzene rings is 1. The first-order valence-corrected chi connectivity index (χ1v) is 10.9. The van der Waals surface area contributed by atoms with Gasteiger partial charge in [-0.05, 0) is 67.3 Å². The van der Waals surface area contributed by atoms with Gasteiger partial charge in [0.15, 0.2) is 0 Å². The van der Waals surface area contributed by atoms with Crippen LogP contribution in [0.25, 0.3) is 11.3 Å². The molecule has 0 amide bonds. The van der Waals surface area contributed by atoms with Crippen LogP contribution in [0, 0.1) is 29.0 Å². The molecule has 1 saturated carbocycles. The number of ether oxygens (including phenoxy) is 1. The molecule has 3 fully saturated rings. The summed E-state index contributed by atoms with van der Waals surface area (Å²) in [6.45, 7) is 7.82. The first-order valence-electron chi connectivity index (χ1n) is 10.6. The van der Waals surface area contributed by atoms with Crippen LogP contribution >= 0.6 is 11.6 Å². The fourth-order valence-electron chi connectivity index (χ4n) is 5.50. The van der Waals surface area contributed by atoms with Gasteiger partial charge in [0.05, 0.1) is 29.6 Å². The van der Waals surface area contributed by atoms with Gasteiger partial charge in [0.1, 0.15) is 5.82 Å². The number of nitrogens with zero attached hydrogens (tertiary/aromatic N) is 3. The largest absolute Gasteiger partial charge is 0.380 e. The minimum Gasteiger partial charge on any atom is -0.380 e. The van der Waals surface area contributed by atoms with Gasteiger partial charge < -0.3 is 9.64 Å². The monoisotopic (exact) mass is 415 g/mol. The van der Waals surface area contributed by atoms with Gasteiger partial charge in [-0.1, -0.05) is 18.5 Å². The van der Waals surface area contributed by atoms with Crippen LogP contribution in [-0.4, -0.2) is 47.9 Å². The lowest BCUT2D eigenvalue weighted by molar-refractivity contribution is -0.113. The molecule has 1 aliphatic carbocycles. The highest BCUT2D eigenvalue weighted by Gasteiger charge is 2.44. The Morgan fingerprint density at radius 1 is 1.14 bits per heavy atom. The van der Waals surface area contributed by atoms with E-state index in [0.717, 1.165) is 37.2 Å². The molecule has 0 spiro atoms. The van der Waals surface area contributed by atoms with Crippen LogP contribution in [0.5, 0.6) is 0 Å². The normalized spacial score (nSPS) is 28.3. The predicted molar refractivity (Wildman–Crippen MR) is 111 cm³/mol. The Morgan fingerprint density at radius 3 is 2.52 bits per heavy atom. The van der Waals surface area contributed by atoms with Crippen LogP contribution < -0.4 is 0 Å². The van der Waals surface area contributed by atoms with E-state index in [1.807, 2.05) is 12.1 Å². The fraction of sp³-hybridized carbons (Fsp3) is 0.565. The van der Waals surface area contributed by atoms with E-state index < -0.39 is 0 Å². The van der Waals surface area contributed by atoms with Crippen molar-refractivity contribution in [3.8, 4) is 11.3 Å². The molecule has 1 unspecified atom stereocenters. The van der Waals surface area contributed by atoms with Crippen molar-refractivity contribution in [3.63, 3.8) is 0 Å². The van der Waals surface area contributed by atoms with Crippen molar-refractivity contribution in [1.29, 1.82) is 0 Å². The van der Waals surface area contributed by atoms with Crippen molar-refractivity contribution in [2.75, 3.05) is 32.8 Å². The van der Waals surface area contributed by atoms with Crippen LogP contribution in [0.3, 0.4) is 0 Å². The Bertz CT molecular complexity index is 872. The zero-order chi connectivity index (χ0) is 20.0. The Kier molecular flexibility index (Phi) is 5.09. The molecule has 2 aliphatic heterocycles. The maximum atomic E-state index is 13.5. The molecule has 154 valence electrons. The zero-order valence-corrected chi connectivity index (χ0v) is 17.5. The molecule has 6 heteroatoms. The Labute approximate surface area is 176 Å². The summed E-state index contributed by atoms with van der Waals surface area (Å²) < 4.78 is 18.9. The second kappa shape index (κ2) is 7.60. The number of likely N-dealkylation sites (tertiary alicyclic amines) is 1. The molecule has 29 heavy (non-hydrogen) atoms. The molecule has 4 nitrogen and oxygen atoms in total. The van der Waals surface area contributed by atoms with E-state index >= 15 is 0 Å². The Hall–Kier alpha value is -1.56. The molecular weight excluding hydrogens is 389 g/mol. The van der Waals surface area contributed by atoms with E-state index in [4.69, 9.17) is 16.3 Å². The highest BCUT2D eigenvalue weighted by Crippen LogP contribution is 2.43. The Balaban J connectivity index is 1.17. The fourth-order valence-corrected chi connectivity index (χ4v) is 5.72. The third kappa shape index (κ3) is 4.05. The van der Waals surface area contributed by atoms with Crippen LogP contribution in [0.4, 0.5) is 4.39 Å². The molecule has 2 aromatic rings. The molecule has 3 atom stereocenters. The third-order valence-electron chi connectivity index (χ3n) is 6.85. The van der Waals surface area contributed by atoms with E-state index in [-0.39, 0.29) is 5.82 Å². The summed E-state index contributed by atoms with van der Waals surface area (Å²) >= 11 is 6.18. The van der Waals surface area contributed by atoms with Gasteiger partial charge in [-0.3, -0.25) is 0 Å². The first-order chi connectivity index (χ1) is 14.0. The van der Waals surface area contributed by atoms with Crippen molar-refractivity contribution >= 4 is 11.6 Å². The van der Waals surface area contributed by atoms with E-state index in [9.17, 15) is 4.39 Å². The quantitative estimate of drug-likeness (QED) is 0.722. The van der Waals surface area contributed by atoms with Crippen molar-refractivity contribution in [3.05, 3.63) is 46.9 Å². The van der Waals surface area contributed by atoms with E-state index in [0.29, 0.717) is 27.6 Å². The minimum absolute atomic E-state index is 0.319. The summed E-state index contributed by atoms with van der Waals surface area (Å²) in [6, 6.07) is 8.24. The molecule has 1 aromatic carbocycles. The highest BCUT2D eigenvalue weighted by molar-refractivity contribution is 6.33. The molecular formula is C23H27ClFN3O. The molecule has 3 aliphatic rings. The molecule has 1 aromatic heterocycles. The SMILES string of the molecule is CC1(CN2C[C@H]3CC(Cc4ccc(-c5cc(F)ccc5Cl)nn4)C[C@H]3C2)COC1. The summed E-state index contributed by atoms with van der Waals surface area (Å²) in [7, 11) is 0. The molecule has 2 saturated heterocycles. The topological polar surface area (TPSA) is 38.2 Å². The number of aromatic nitrogens is 2. The second-order valence-electron chi connectivity index (χ2n) is 9.59. The van der Waals surface area contributed by atoms with Gasteiger partial charge in [-0.15, -0.1) is 0 Å². The van der Waals surface area contributed by atoms with Crippen molar-refractivity contribution in [2.45, 2.75) is 26.2 Å². The maximum Gasteiger partial charge on any atom is 0.123 e. The lowest BCUT2D eigenvalue weighted by atomic mass is 9.88. The van der Waals surface area contributed by atoms with Crippen LogP contribution in [0.1, 0.15) is 25.5 Å². The van der Waals surface area contributed by atoms with Gasteiger partial charge in [0.25, 0.3) is 0 Å². The first kappa shape index (κ1) is 19.4. The predicted octanol–water partition coefficient (Wildman–Crippen LogP) is 4.47. The lowest BCUT2D eigenvalue weighted by Crippen LogP contribution is -2.48. The van der Waals surface area contributed by atoms with Crippen LogP contribution in [0.15, 0.2) is 30.3 Å². The standard InChI is InChI=1S/C23H27ClFN3O/c1-23(13-29-14-23)12-28-10-16-6-15(7-17(16)11-28)8-19-3-5-22(27-26-19)20-9-18(25)2-4-21(20)24/h2-5,9,15-17H,6-8,10-14H2,1H3/t15?,16-,17+. The number of hydrogen-bond acceptors (Lipinski definition) is 4. The Morgan fingerprint density at radius 2 is 1.90 bits per heavy atom. The van der Waals surface area contributed by atoms with E-state index in [1.54, 1.807) is 6.07 Å². The van der Waals surface area contributed by atoms with Crippen molar-refractivity contribution in [2.24, 2.45) is 23.2 Å². The second-order valence-corrected chi connectivity index (χ2v) is 10.0. The summed E-state index contributed by atoms with van der Waals surface area (Å²) in [5.74, 6) is 2.01. The molecule has 5 rings (SSSR count). The average molecular weight is 416 g/mol. The number of fused-ring (bicyclic) bond motifs is 1. The van der Waals surface area contributed by atoms with Gasteiger partial charge in [-0.25, -0.2) is 4.39 Å². The number of rotatable bonds is 5. The van der Waals surface area contributed by atoms with Crippen LogP contribution in [0.2, 0.25) is 5.02 Å². The van der Waals surface area contributed by atoms with Crippen molar-refractivity contribution < 1.29 is 9.13 Å². The summed E-state index contributed by atoms with van der Waals surface area (Å²) in [4.78, 5) is 2.66. The summed E-state index contributed by atoms with van der Waals surface area (Å²) in [6.07, 6.45) is 3.55. The van der Waals surface area contributed by atoms with Crippen molar-refractivity contribution in [1.82, 2.24) is 15.1 Å². The van der Waals surface area contributed by atoms with Crippen LogP contribution in [-0.2, 0) is 11.2 Å². The molecule has 0 bridgehead atoms. The van der Waals surface area contributed by atoms with E-state index in [2.05, 4.69) is 22.0 Å². The van der Waals surface area contributed by atoms with E-state index in [1.165, 1.54) is 44.6 Å². The smallest absolute Gasteiger partial charge is 0.123 e. The minimum atomic E-state index is -0.319. The maximum absolute atomic E-state index is 13.5. The van der Waals surface area contributed by atoms with Gasteiger partial charge >= 0.3 is 0 Å². The summed E-state index contributed by atoms with van der Waals surface area (Å²) in [5.41, 5.74) is 2.60. The highest BCUT2D eigenvalue weighted by atomic mass is 35.5. The molecule has 0 radical (unpaired) electrons.